The van der Waals surface area contributed by atoms with Crippen LogP contribution in [0.1, 0.15) is 18.4 Å². The van der Waals surface area contributed by atoms with Gasteiger partial charge in [0.1, 0.15) is 0 Å². The van der Waals surface area contributed by atoms with Gasteiger partial charge in [-0.15, -0.1) is 0 Å². The van der Waals surface area contributed by atoms with E-state index in [0.717, 1.165) is 19.6 Å². The number of sulfone groups is 1. The summed E-state index contributed by atoms with van der Waals surface area (Å²) >= 11 is 0. The van der Waals surface area contributed by atoms with Gasteiger partial charge in [0.15, 0.2) is 9.84 Å². The van der Waals surface area contributed by atoms with Gasteiger partial charge in [-0.05, 0) is 18.4 Å². The predicted octanol–water partition coefficient (Wildman–Crippen LogP) is 1.02. The van der Waals surface area contributed by atoms with Crippen molar-refractivity contribution in [3.05, 3.63) is 35.9 Å². The summed E-state index contributed by atoms with van der Waals surface area (Å²) in [4.78, 5) is 2.30. The first kappa shape index (κ1) is 14.5. The normalized spacial score (nSPS) is 20.3. The predicted molar refractivity (Wildman–Crippen MR) is 77.6 cm³/mol. The Bertz CT molecular complexity index is 506. The Morgan fingerprint density at radius 1 is 1.21 bits per heavy atom. The first-order valence-corrected chi connectivity index (χ1v) is 8.52. The van der Waals surface area contributed by atoms with Crippen molar-refractivity contribution in [2.24, 2.45) is 5.73 Å². The zero-order valence-electron chi connectivity index (χ0n) is 11.4. The lowest BCUT2D eigenvalue weighted by molar-refractivity contribution is 0.190. The number of rotatable bonds is 4. The van der Waals surface area contributed by atoms with Gasteiger partial charge < -0.3 is 5.73 Å². The average Bonchev–Trinajstić information content (AvgIpc) is 2.39. The maximum absolute atomic E-state index is 11.9. The van der Waals surface area contributed by atoms with Crippen molar-refractivity contribution in [3.8, 4) is 0 Å². The molecule has 1 aromatic rings. The van der Waals surface area contributed by atoms with Crippen LogP contribution in [-0.2, 0) is 16.4 Å². The summed E-state index contributed by atoms with van der Waals surface area (Å²) in [6.45, 7) is 2.69. The lowest BCUT2D eigenvalue weighted by atomic mass is 9.95. The maximum atomic E-state index is 11.9. The summed E-state index contributed by atoms with van der Waals surface area (Å²) in [7, 11) is -3.09. The zero-order valence-corrected chi connectivity index (χ0v) is 12.2. The molecule has 2 N–H and O–H groups in total. The molecule has 1 aliphatic rings. The molecule has 0 atom stereocenters. The molecule has 0 bridgehead atoms. The molecule has 4 nitrogen and oxygen atoms in total. The van der Waals surface area contributed by atoms with Crippen LogP contribution in [0.4, 0.5) is 0 Å². The summed E-state index contributed by atoms with van der Waals surface area (Å²) in [6, 6.07) is 10.3. The highest BCUT2D eigenvalue weighted by molar-refractivity contribution is 7.92. The molecule has 19 heavy (non-hydrogen) atoms. The van der Waals surface area contributed by atoms with Crippen molar-refractivity contribution < 1.29 is 8.42 Å². The molecule has 106 valence electrons. The Hall–Kier alpha value is -0.910. The van der Waals surface area contributed by atoms with Gasteiger partial charge in [0, 0.05) is 32.4 Å². The minimum atomic E-state index is -3.09. The number of likely N-dealkylation sites (tertiary alicyclic amines) is 1. The second-order valence-corrected chi connectivity index (χ2v) is 7.83. The van der Waals surface area contributed by atoms with E-state index in [1.165, 1.54) is 11.8 Å². The lowest BCUT2D eigenvalue weighted by Gasteiger charge is -2.39. The molecule has 2 rings (SSSR count). The molecule has 1 saturated heterocycles. The van der Waals surface area contributed by atoms with Crippen LogP contribution in [0.25, 0.3) is 0 Å². The molecule has 0 spiro atoms. The number of nitrogens with zero attached hydrogens (tertiary/aromatic N) is 1. The molecule has 0 aromatic heterocycles. The maximum Gasteiger partial charge on any atom is 0.154 e. The minimum Gasteiger partial charge on any atom is -0.329 e. The van der Waals surface area contributed by atoms with Crippen molar-refractivity contribution in [2.75, 3.05) is 25.9 Å². The highest BCUT2D eigenvalue weighted by Gasteiger charge is 2.42. The van der Waals surface area contributed by atoms with Gasteiger partial charge in [-0.1, -0.05) is 30.3 Å². The summed E-state index contributed by atoms with van der Waals surface area (Å²) in [5.41, 5.74) is 6.99. The van der Waals surface area contributed by atoms with Gasteiger partial charge in [0.25, 0.3) is 0 Å². The number of nitrogens with two attached hydrogens (primary N) is 1. The average molecular weight is 282 g/mol. The molecular weight excluding hydrogens is 260 g/mol. The molecule has 1 fully saturated rings. The molecule has 1 heterocycles. The fourth-order valence-corrected chi connectivity index (χ4v) is 3.91. The second-order valence-electron chi connectivity index (χ2n) is 5.42. The van der Waals surface area contributed by atoms with E-state index in [2.05, 4.69) is 17.0 Å². The molecule has 0 saturated carbocycles. The van der Waals surface area contributed by atoms with Crippen molar-refractivity contribution in [1.82, 2.24) is 4.90 Å². The highest BCUT2D eigenvalue weighted by Crippen LogP contribution is 2.29. The Labute approximate surface area is 115 Å². The van der Waals surface area contributed by atoms with Crippen LogP contribution < -0.4 is 5.73 Å². The third-order valence-corrected chi connectivity index (χ3v) is 6.32. The quantitative estimate of drug-likeness (QED) is 0.896. The van der Waals surface area contributed by atoms with E-state index in [1.807, 2.05) is 18.2 Å². The second kappa shape index (κ2) is 5.61. The van der Waals surface area contributed by atoms with E-state index in [0.29, 0.717) is 12.8 Å². The van der Waals surface area contributed by atoms with Gasteiger partial charge >= 0.3 is 0 Å². The molecule has 1 aromatic carbocycles. The lowest BCUT2D eigenvalue weighted by Crippen LogP contribution is -2.53. The van der Waals surface area contributed by atoms with Gasteiger partial charge in [-0.3, -0.25) is 4.90 Å². The Morgan fingerprint density at radius 2 is 1.79 bits per heavy atom. The molecule has 0 aliphatic carbocycles. The Kier molecular flexibility index (Phi) is 4.28. The van der Waals surface area contributed by atoms with Crippen LogP contribution in [0.2, 0.25) is 0 Å². The molecule has 0 unspecified atom stereocenters. The van der Waals surface area contributed by atoms with Crippen LogP contribution in [-0.4, -0.2) is 44.0 Å². The third-order valence-electron chi connectivity index (χ3n) is 4.17. The van der Waals surface area contributed by atoms with Crippen LogP contribution in [0, 0.1) is 0 Å². The van der Waals surface area contributed by atoms with Crippen molar-refractivity contribution in [3.63, 3.8) is 0 Å². The van der Waals surface area contributed by atoms with Crippen LogP contribution in [0.15, 0.2) is 30.3 Å². The van der Waals surface area contributed by atoms with E-state index in [4.69, 9.17) is 5.73 Å². The van der Waals surface area contributed by atoms with E-state index in [-0.39, 0.29) is 6.54 Å². The van der Waals surface area contributed by atoms with Crippen molar-refractivity contribution in [2.45, 2.75) is 24.1 Å². The summed E-state index contributed by atoms with van der Waals surface area (Å²) in [5.74, 6) is 0. The number of benzene rings is 1. The first-order chi connectivity index (χ1) is 8.97. The fraction of sp³-hybridized carbons (Fsp3) is 0.571. The standard InChI is InChI=1S/C14H22N2O2S/c1-19(17,18)14(12-15)7-9-16(10-8-14)11-13-5-3-2-4-6-13/h2-6H,7-12,15H2,1H3. The van der Waals surface area contributed by atoms with Crippen molar-refractivity contribution in [1.29, 1.82) is 0 Å². The molecule has 0 amide bonds. The molecule has 0 radical (unpaired) electrons. The number of hydrogen-bond acceptors (Lipinski definition) is 4. The van der Waals surface area contributed by atoms with E-state index >= 15 is 0 Å². The van der Waals surface area contributed by atoms with Crippen molar-refractivity contribution >= 4 is 9.84 Å². The monoisotopic (exact) mass is 282 g/mol. The van der Waals surface area contributed by atoms with E-state index in [1.54, 1.807) is 0 Å². The zero-order chi connectivity index (χ0) is 13.9. The van der Waals surface area contributed by atoms with Crippen LogP contribution in [0.5, 0.6) is 0 Å². The third kappa shape index (κ3) is 3.16. The first-order valence-electron chi connectivity index (χ1n) is 6.63. The van der Waals surface area contributed by atoms with Gasteiger partial charge in [-0.2, -0.15) is 0 Å². The van der Waals surface area contributed by atoms with Gasteiger partial charge in [0.05, 0.1) is 4.75 Å². The van der Waals surface area contributed by atoms with Crippen LogP contribution in [0.3, 0.4) is 0 Å². The van der Waals surface area contributed by atoms with Gasteiger partial charge in [-0.25, -0.2) is 8.42 Å². The summed E-state index contributed by atoms with van der Waals surface area (Å²) in [5, 5.41) is 0. The highest BCUT2D eigenvalue weighted by atomic mass is 32.2. The topological polar surface area (TPSA) is 63.4 Å². The minimum absolute atomic E-state index is 0.227. The SMILES string of the molecule is CS(=O)(=O)C1(CN)CCN(Cc2ccccc2)CC1. The number of hydrogen-bond donors (Lipinski definition) is 1. The largest absolute Gasteiger partial charge is 0.329 e. The van der Waals surface area contributed by atoms with Crippen LogP contribution >= 0.6 is 0 Å². The summed E-state index contributed by atoms with van der Waals surface area (Å²) in [6.07, 6.45) is 2.58. The van der Waals surface area contributed by atoms with E-state index < -0.39 is 14.6 Å². The van der Waals surface area contributed by atoms with E-state index in [9.17, 15) is 8.42 Å². The molecule has 5 heteroatoms. The number of piperidine rings is 1. The molecular formula is C14H22N2O2S. The van der Waals surface area contributed by atoms with Gasteiger partial charge in [0.2, 0.25) is 0 Å². The Balaban J connectivity index is 1.99. The fourth-order valence-electron chi connectivity index (χ4n) is 2.69. The smallest absolute Gasteiger partial charge is 0.154 e. The Morgan fingerprint density at radius 3 is 2.26 bits per heavy atom. The summed E-state index contributed by atoms with van der Waals surface area (Å²) < 4.78 is 23.1. The molecule has 1 aliphatic heterocycles.